The summed E-state index contributed by atoms with van der Waals surface area (Å²) in [6.07, 6.45) is 2.01. The molecule has 1 aliphatic rings. The number of nitriles is 1. The molecule has 112 valence electrons. The first-order valence-corrected chi connectivity index (χ1v) is 7.27. The van der Waals surface area contributed by atoms with E-state index in [-0.39, 0.29) is 18.4 Å². The number of nitrogens with zero attached hydrogens (tertiary/aromatic N) is 1. The molecule has 1 amide bonds. The Balaban J connectivity index is 1.91. The SMILES string of the molecule is CCOc1ccccc1NCC(=O)NC(C)(C#N)C1CC1. The van der Waals surface area contributed by atoms with Crippen molar-refractivity contribution in [2.75, 3.05) is 18.5 Å². The Morgan fingerprint density at radius 2 is 2.19 bits per heavy atom. The van der Waals surface area contributed by atoms with E-state index >= 15 is 0 Å². The van der Waals surface area contributed by atoms with Gasteiger partial charge >= 0.3 is 0 Å². The number of benzene rings is 1. The number of nitrogens with one attached hydrogen (secondary N) is 2. The third kappa shape index (κ3) is 3.88. The van der Waals surface area contributed by atoms with Crippen molar-refractivity contribution in [2.45, 2.75) is 32.2 Å². The van der Waals surface area contributed by atoms with Gasteiger partial charge in [0.05, 0.1) is 24.9 Å². The molecule has 2 rings (SSSR count). The fourth-order valence-corrected chi connectivity index (χ4v) is 2.29. The molecule has 1 aliphatic carbocycles. The zero-order valence-corrected chi connectivity index (χ0v) is 12.5. The van der Waals surface area contributed by atoms with E-state index in [0.717, 1.165) is 24.3 Å². The second-order valence-corrected chi connectivity index (χ2v) is 5.42. The van der Waals surface area contributed by atoms with Crippen LogP contribution >= 0.6 is 0 Å². The van der Waals surface area contributed by atoms with Gasteiger partial charge in [0.15, 0.2) is 0 Å². The van der Waals surface area contributed by atoms with Crippen molar-refractivity contribution in [1.29, 1.82) is 5.26 Å². The van der Waals surface area contributed by atoms with Gasteiger partial charge in [0.25, 0.3) is 0 Å². The maximum atomic E-state index is 12.0. The van der Waals surface area contributed by atoms with Crippen LogP contribution in [0.4, 0.5) is 5.69 Å². The summed E-state index contributed by atoms with van der Waals surface area (Å²) in [5.41, 5.74) is 0.0256. The predicted octanol–water partition coefficient (Wildman–Crippen LogP) is 2.31. The molecule has 0 radical (unpaired) electrons. The predicted molar refractivity (Wildman–Crippen MR) is 81.0 cm³/mol. The van der Waals surface area contributed by atoms with Crippen molar-refractivity contribution < 1.29 is 9.53 Å². The van der Waals surface area contributed by atoms with E-state index in [1.165, 1.54) is 0 Å². The molecule has 1 saturated carbocycles. The normalized spacial score (nSPS) is 16.4. The zero-order valence-electron chi connectivity index (χ0n) is 12.5. The number of ether oxygens (including phenoxy) is 1. The third-order valence-electron chi connectivity index (χ3n) is 3.65. The molecule has 5 heteroatoms. The Morgan fingerprint density at radius 3 is 2.81 bits per heavy atom. The second-order valence-electron chi connectivity index (χ2n) is 5.42. The average molecular weight is 287 g/mol. The maximum absolute atomic E-state index is 12.0. The summed E-state index contributed by atoms with van der Waals surface area (Å²) in [7, 11) is 0. The lowest BCUT2D eigenvalue weighted by molar-refractivity contribution is -0.120. The van der Waals surface area contributed by atoms with Gasteiger partial charge in [-0.1, -0.05) is 12.1 Å². The number of anilines is 1. The van der Waals surface area contributed by atoms with Crippen LogP contribution in [0.1, 0.15) is 26.7 Å². The van der Waals surface area contributed by atoms with Crippen LogP contribution < -0.4 is 15.4 Å². The molecule has 0 aliphatic heterocycles. The maximum Gasteiger partial charge on any atom is 0.240 e. The van der Waals surface area contributed by atoms with Gasteiger partial charge in [0, 0.05) is 0 Å². The van der Waals surface area contributed by atoms with Crippen LogP contribution in [-0.4, -0.2) is 24.6 Å². The molecule has 0 heterocycles. The number of rotatable bonds is 7. The molecule has 0 aromatic heterocycles. The lowest BCUT2D eigenvalue weighted by Gasteiger charge is -2.23. The highest BCUT2D eigenvalue weighted by Crippen LogP contribution is 2.39. The molecule has 0 bridgehead atoms. The summed E-state index contributed by atoms with van der Waals surface area (Å²) < 4.78 is 5.49. The molecule has 1 aromatic rings. The first-order chi connectivity index (χ1) is 10.1. The molecule has 1 unspecified atom stereocenters. The quantitative estimate of drug-likeness (QED) is 0.807. The molecule has 5 nitrogen and oxygen atoms in total. The van der Waals surface area contributed by atoms with Crippen molar-refractivity contribution in [2.24, 2.45) is 5.92 Å². The standard InChI is InChI=1S/C16H21N3O2/c1-3-21-14-7-5-4-6-13(14)18-10-15(20)19-16(2,11-17)12-8-9-12/h4-7,12,18H,3,8-10H2,1-2H3,(H,19,20). The van der Waals surface area contributed by atoms with E-state index in [4.69, 9.17) is 4.74 Å². The largest absolute Gasteiger partial charge is 0.492 e. The molecule has 2 N–H and O–H groups in total. The van der Waals surface area contributed by atoms with Crippen molar-refractivity contribution in [3.05, 3.63) is 24.3 Å². The van der Waals surface area contributed by atoms with E-state index in [1.54, 1.807) is 6.92 Å². The first-order valence-electron chi connectivity index (χ1n) is 7.27. The van der Waals surface area contributed by atoms with Crippen molar-refractivity contribution in [1.82, 2.24) is 5.32 Å². The fraction of sp³-hybridized carbons (Fsp3) is 0.500. The van der Waals surface area contributed by atoms with Crippen LogP contribution in [0.15, 0.2) is 24.3 Å². The van der Waals surface area contributed by atoms with Crippen LogP contribution in [0.5, 0.6) is 5.75 Å². The lowest BCUT2D eigenvalue weighted by atomic mass is 9.98. The van der Waals surface area contributed by atoms with Crippen molar-refractivity contribution in [3.63, 3.8) is 0 Å². The third-order valence-corrected chi connectivity index (χ3v) is 3.65. The van der Waals surface area contributed by atoms with Gasteiger partial charge < -0.3 is 15.4 Å². The smallest absolute Gasteiger partial charge is 0.240 e. The summed E-state index contributed by atoms with van der Waals surface area (Å²) in [5, 5.41) is 15.1. The number of carbonyl (C=O) groups is 1. The summed E-state index contributed by atoms with van der Waals surface area (Å²) in [6.45, 7) is 4.39. The Kier molecular flexibility index (Phi) is 4.69. The van der Waals surface area contributed by atoms with Crippen LogP contribution in [0, 0.1) is 17.2 Å². The fourth-order valence-electron chi connectivity index (χ4n) is 2.29. The van der Waals surface area contributed by atoms with Gasteiger partial charge in [-0.25, -0.2) is 0 Å². The Labute approximate surface area is 125 Å². The molecule has 1 fully saturated rings. The minimum Gasteiger partial charge on any atom is -0.492 e. The average Bonchev–Trinajstić information content (AvgIpc) is 3.31. The summed E-state index contributed by atoms with van der Waals surface area (Å²) in [6, 6.07) is 9.70. The molecule has 1 atom stereocenters. The zero-order chi connectivity index (χ0) is 15.3. The summed E-state index contributed by atoms with van der Waals surface area (Å²) in [4.78, 5) is 12.0. The topological polar surface area (TPSA) is 74.2 Å². The molecule has 0 spiro atoms. The molecular weight excluding hydrogens is 266 g/mol. The van der Waals surface area contributed by atoms with Gasteiger partial charge in [-0.2, -0.15) is 5.26 Å². The highest BCUT2D eigenvalue weighted by Gasteiger charge is 2.42. The van der Waals surface area contributed by atoms with Crippen LogP contribution in [0.2, 0.25) is 0 Å². The van der Waals surface area contributed by atoms with Gasteiger partial charge in [-0.15, -0.1) is 0 Å². The van der Waals surface area contributed by atoms with Gasteiger partial charge in [-0.3, -0.25) is 4.79 Å². The number of carbonyl (C=O) groups excluding carboxylic acids is 1. The van der Waals surface area contributed by atoms with Crippen LogP contribution in [0.3, 0.4) is 0 Å². The number of hydrogen-bond acceptors (Lipinski definition) is 4. The van der Waals surface area contributed by atoms with E-state index in [2.05, 4.69) is 16.7 Å². The van der Waals surface area contributed by atoms with Gasteiger partial charge in [-0.05, 0) is 44.7 Å². The Bertz CT molecular complexity index is 549. The van der Waals surface area contributed by atoms with E-state index in [1.807, 2.05) is 31.2 Å². The van der Waals surface area contributed by atoms with Crippen LogP contribution in [-0.2, 0) is 4.79 Å². The molecule has 0 saturated heterocycles. The number of amides is 1. The molecular formula is C16H21N3O2. The molecule has 1 aromatic carbocycles. The molecule has 21 heavy (non-hydrogen) atoms. The minimum absolute atomic E-state index is 0.119. The number of hydrogen-bond donors (Lipinski definition) is 2. The summed E-state index contributed by atoms with van der Waals surface area (Å²) in [5.74, 6) is 0.817. The van der Waals surface area contributed by atoms with Crippen molar-refractivity contribution in [3.8, 4) is 11.8 Å². The minimum atomic E-state index is -0.752. The monoisotopic (exact) mass is 287 g/mol. The van der Waals surface area contributed by atoms with E-state index in [9.17, 15) is 10.1 Å². The highest BCUT2D eigenvalue weighted by molar-refractivity contribution is 5.82. The lowest BCUT2D eigenvalue weighted by Crippen LogP contribution is -2.48. The first kappa shape index (κ1) is 15.2. The van der Waals surface area contributed by atoms with Gasteiger partial charge in [0.1, 0.15) is 11.3 Å². The Hall–Kier alpha value is -2.22. The van der Waals surface area contributed by atoms with Gasteiger partial charge in [0.2, 0.25) is 5.91 Å². The summed E-state index contributed by atoms with van der Waals surface area (Å²) >= 11 is 0. The van der Waals surface area contributed by atoms with Crippen molar-refractivity contribution >= 4 is 11.6 Å². The second kappa shape index (κ2) is 6.49. The van der Waals surface area contributed by atoms with E-state index < -0.39 is 5.54 Å². The highest BCUT2D eigenvalue weighted by atomic mass is 16.5. The van der Waals surface area contributed by atoms with E-state index in [0.29, 0.717) is 6.61 Å². The van der Waals surface area contributed by atoms with Crippen LogP contribution in [0.25, 0.3) is 0 Å². The Morgan fingerprint density at radius 1 is 1.48 bits per heavy atom. The number of para-hydroxylation sites is 2.